The van der Waals surface area contributed by atoms with Gasteiger partial charge in [0.25, 0.3) is 0 Å². The number of hydrogen-bond donors (Lipinski definition) is 1. The Kier molecular flexibility index (Phi) is 3.42. The van der Waals surface area contributed by atoms with Gasteiger partial charge in [-0.25, -0.2) is 8.78 Å². The topological polar surface area (TPSA) is 37.3 Å². The second-order valence-corrected chi connectivity index (χ2v) is 3.79. The van der Waals surface area contributed by atoms with E-state index in [-0.39, 0.29) is 12.0 Å². The van der Waals surface area contributed by atoms with Gasteiger partial charge in [0.15, 0.2) is 0 Å². The van der Waals surface area contributed by atoms with Gasteiger partial charge in [-0.15, -0.1) is 6.58 Å². The quantitative estimate of drug-likeness (QED) is 0.801. The van der Waals surface area contributed by atoms with Crippen LogP contribution in [0, 0.1) is 11.6 Å². The average molecular weight is 226 g/mol. The standard InChI is InChI=1S/C12H12F2O2/c1-3-4-12(2,11(15)16)8-5-9(13)7-10(14)6-8/h3,5-7H,1,4H2,2H3,(H,15,16). The Hall–Kier alpha value is -1.71. The van der Waals surface area contributed by atoms with Crippen molar-refractivity contribution in [1.29, 1.82) is 0 Å². The molecule has 1 unspecified atom stereocenters. The minimum absolute atomic E-state index is 0.0948. The smallest absolute Gasteiger partial charge is 0.314 e. The molecule has 4 heteroatoms. The molecule has 0 saturated carbocycles. The van der Waals surface area contributed by atoms with Crippen molar-refractivity contribution >= 4 is 5.97 Å². The first kappa shape index (κ1) is 12.4. The monoisotopic (exact) mass is 226 g/mol. The SMILES string of the molecule is C=CCC(C)(C(=O)O)c1cc(F)cc(F)c1. The van der Waals surface area contributed by atoms with E-state index >= 15 is 0 Å². The third-order valence-electron chi connectivity index (χ3n) is 2.52. The molecule has 0 aliphatic heterocycles. The summed E-state index contributed by atoms with van der Waals surface area (Å²) in [4.78, 5) is 11.1. The van der Waals surface area contributed by atoms with Crippen LogP contribution in [0.1, 0.15) is 18.9 Å². The zero-order valence-electron chi connectivity index (χ0n) is 8.84. The molecule has 86 valence electrons. The lowest BCUT2D eigenvalue weighted by Gasteiger charge is -2.23. The van der Waals surface area contributed by atoms with Crippen LogP contribution in [0.3, 0.4) is 0 Å². The fourth-order valence-corrected chi connectivity index (χ4v) is 1.49. The van der Waals surface area contributed by atoms with Crippen molar-refractivity contribution in [2.24, 2.45) is 0 Å². The number of halogens is 2. The zero-order valence-corrected chi connectivity index (χ0v) is 8.84. The van der Waals surface area contributed by atoms with Crippen molar-refractivity contribution in [3.63, 3.8) is 0 Å². The van der Waals surface area contributed by atoms with Crippen LogP contribution >= 0.6 is 0 Å². The van der Waals surface area contributed by atoms with Crippen molar-refractivity contribution < 1.29 is 18.7 Å². The van der Waals surface area contributed by atoms with Gasteiger partial charge in [0.05, 0.1) is 5.41 Å². The Morgan fingerprint density at radius 2 is 1.94 bits per heavy atom. The van der Waals surface area contributed by atoms with E-state index in [2.05, 4.69) is 6.58 Å². The summed E-state index contributed by atoms with van der Waals surface area (Å²) in [6.07, 6.45) is 1.52. The van der Waals surface area contributed by atoms with Gasteiger partial charge in [0.2, 0.25) is 0 Å². The molecule has 0 saturated heterocycles. The highest BCUT2D eigenvalue weighted by atomic mass is 19.1. The van der Waals surface area contributed by atoms with Crippen LogP contribution in [0.5, 0.6) is 0 Å². The maximum absolute atomic E-state index is 13.0. The zero-order chi connectivity index (χ0) is 12.3. The minimum Gasteiger partial charge on any atom is -0.481 e. The van der Waals surface area contributed by atoms with E-state index in [1.807, 2.05) is 0 Å². The highest BCUT2D eigenvalue weighted by Gasteiger charge is 2.34. The van der Waals surface area contributed by atoms with Crippen LogP contribution in [0.2, 0.25) is 0 Å². The van der Waals surface area contributed by atoms with E-state index in [0.717, 1.165) is 12.1 Å². The number of allylic oxidation sites excluding steroid dienone is 1. The molecule has 1 aromatic rings. The number of aliphatic carboxylic acids is 1. The van der Waals surface area contributed by atoms with Crippen molar-refractivity contribution in [3.05, 3.63) is 48.1 Å². The summed E-state index contributed by atoms with van der Waals surface area (Å²) in [6.45, 7) is 4.86. The third-order valence-corrected chi connectivity index (χ3v) is 2.52. The Balaban J connectivity index is 3.31. The first-order valence-corrected chi connectivity index (χ1v) is 4.71. The molecule has 1 aromatic carbocycles. The molecule has 0 radical (unpaired) electrons. The average Bonchev–Trinajstić information content (AvgIpc) is 2.16. The van der Waals surface area contributed by atoms with E-state index in [4.69, 9.17) is 5.11 Å². The van der Waals surface area contributed by atoms with Gasteiger partial charge >= 0.3 is 5.97 Å². The fraction of sp³-hybridized carbons (Fsp3) is 0.250. The summed E-state index contributed by atoms with van der Waals surface area (Å²) in [5, 5.41) is 9.11. The van der Waals surface area contributed by atoms with Crippen molar-refractivity contribution in [3.8, 4) is 0 Å². The first-order valence-electron chi connectivity index (χ1n) is 4.71. The molecule has 1 atom stereocenters. The van der Waals surface area contributed by atoms with Gasteiger partial charge in [-0.3, -0.25) is 4.79 Å². The van der Waals surface area contributed by atoms with Crippen molar-refractivity contribution in [2.75, 3.05) is 0 Å². The van der Waals surface area contributed by atoms with Crippen LogP contribution in [0.15, 0.2) is 30.9 Å². The molecule has 0 aliphatic carbocycles. The van der Waals surface area contributed by atoms with Gasteiger partial charge in [0.1, 0.15) is 11.6 Å². The van der Waals surface area contributed by atoms with E-state index in [1.165, 1.54) is 13.0 Å². The molecule has 2 nitrogen and oxygen atoms in total. The second-order valence-electron chi connectivity index (χ2n) is 3.79. The van der Waals surface area contributed by atoms with E-state index in [0.29, 0.717) is 6.07 Å². The highest BCUT2D eigenvalue weighted by molar-refractivity contribution is 5.81. The summed E-state index contributed by atoms with van der Waals surface area (Å²) in [6, 6.07) is 2.76. The van der Waals surface area contributed by atoms with E-state index in [9.17, 15) is 13.6 Å². The number of rotatable bonds is 4. The molecule has 16 heavy (non-hydrogen) atoms. The fourth-order valence-electron chi connectivity index (χ4n) is 1.49. The lowest BCUT2D eigenvalue weighted by Crippen LogP contribution is -2.32. The van der Waals surface area contributed by atoms with Crippen LogP contribution in [0.25, 0.3) is 0 Å². The highest BCUT2D eigenvalue weighted by Crippen LogP contribution is 2.29. The minimum atomic E-state index is -1.36. The van der Waals surface area contributed by atoms with E-state index in [1.54, 1.807) is 0 Å². The molecular weight excluding hydrogens is 214 g/mol. The van der Waals surface area contributed by atoms with E-state index < -0.39 is 23.0 Å². The van der Waals surface area contributed by atoms with Gasteiger partial charge in [-0.2, -0.15) is 0 Å². The molecule has 0 spiro atoms. The number of hydrogen-bond acceptors (Lipinski definition) is 1. The molecule has 0 aliphatic rings. The molecular formula is C12H12F2O2. The molecule has 0 heterocycles. The normalized spacial score (nSPS) is 14.2. The van der Waals surface area contributed by atoms with Gasteiger partial charge in [-0.1, -0.05) is 6.08 Å². The summed E-state index contributed by atoms with van der Waals surface area (Å²) >= 11 is 0. The lowest BCUT2D eigenvalue weighted by molar-refractivity contribution is -0.143. The predicted octanol–water partition coefficient (Wildman–Crippen LogP) is 2.88. The predicted molar refractivity (Wildman–Crippen MR) is 56.2 cm³/mol. The number of benzene rings is 1. The number of carbonyl (C=O) groups is 1. The van der Waals surface area contributed by atoms with Gasteiger partial charge in [-0.05, 0) is 31.0 Å². The summed E-state index contributed by atoms with van der Waals surface area (Å²) in [5.41, 5.74) is -1.26. The molecule has 0 aromatic heterocycles. The first-order chi connectivity index (χ1) is 7.40. The van der Waals surface area contributed by atoms with Crippen LogP contribution < -0.4 is 0 Å². The molecule has 0 amide bonds. The Bertz CT molecular complexity index is 409. The van der Waals surface area contributed by atoms with Crippen LogP contribution in [-0.2, 0) is 10.2 Å². The lowest BCUT2D eigenvalue weighted by atomic mass is 9.79. The Labute approximate surface area is 92.2 Å². The number of carboxylic acid groups (broad SMARTS) is 1. The summed E-state index contributed by atoms with van der Waals surface area (Å²) in [7, 11) is 0. The second kappa shape index (κ2) is 4.43. The maximum Gasteiger partial charge on any atom is 0.314 e. The molecule has 0 fully saturated rings. The Morgan fingerprint density at radius 3 is 2.31 bits per heavy atom. The van der Waals surface area contributed by atoms with Gasteiger partial charge in [0, 0.05) is 6.07 Å². The van der Waals surface area contributed by atoms with Crippen molar-refractivity contribution in [1.82, 2.24) is 0 Å². The van der Waals surface area contributed by atoms with Gasteiger partial charge < -0.3 is 5.11 Å². The number of carboxylic acids is 1. The van der Waals surface area contributed by atoms with Crippen molar-refractivity contribution in [2.45, 2.75) is 18.8 Å². The van der Waals surface area contributed by atoms with Crippen LogP contribution in [0.4, 0.5) is 8.78 Å². The molecule has 0 bridgehead atoms. The molecule has 1 rings (SSSR count). The van der Waals surface area contributed by atoms with Crippen LogP contribution in [-0.4, -0.2) is 11.1 Å². The largest absolute Gasteiger partial charge is 0.481 e. The summed E-state index contributed by atoms with van der Waals surface area (Å²) < 4.78 is 26.0. The summed E-state index contributed by atoms with van der Waals surface area (Å²) in [5.74, 6) is -2.71. The Morgan fingerprint density at radius 1 is 1.44 bits per heavy atom. The maximum atomic E-state index is 13.0. The molecule has 1 N–H and O–H groups in total. The third kappa shape index (κ3) is 2.27.